The normalized spacial score (nSPS) is 22.5. The van der Waals surface area contributed by atoms with Gasteiger partial charge in [-0.15, -0.1) is 11.3 Å². The molecule has 0 spiro atoms. The van der Waals surface area contributed by atoms with Crippen molar-refractivity contribution < 1.29 is 13.9 Å². The molecule has 3 aromatic rings. The van der Waals surface area contributed by atoms with Crippen molar-refractivity contribution in [1.29, 1.82) is 0 Å². The van der Waals surface area contributed by atoms with Crippen LogP contribution >= 0.6 is 11.3 Å². The zero-order valence-corrected chi connectivity index (χ0v) is 19.7. The second kappa shape index (κ2) is 9.30. The molecule has 33 heavy (non-hydrogen) atoms. The summed E-state index contributed by atoms with van der Waals surface area (Å²) in [6, 6.07) is 3.37. The van der Waals surface area contributed by atoms with Crippen LogP contribution < -0.4 is 10.1 Å². The van der Waals surface area contributed by atoms with E-state index in [0.29, 0.717) is 24.2 Å². The van der Waals surface area contributed by atoms with Crippen molar-refractivity contribution in [1.82, 2.24) is 19.9 Å². The molecule has 1 atom stereocenters. The minimum absolute atomic E-state index is 0.0759. The maximum Gasteiger partial charge on any atom is 0.226 e. The van der Waals surface area contributed by atoms with Gasteiger partial charge in [0.2, 0.25) is 11.8 Å². The molecule has 5 rings (SSSR count). The van der Waals surface area contributed by atoms with E-state index in [4.69, 9.17) is 4.74 Å². The van der Waals surface area contributed by atoms with Crippen LogP contribution in [0.25, 0.3) is 10.2 Å². The van der Waals surface area contributed by atoms with E-state index < -0.39 is 5.82 Å². The third-order valence-electron chi connectivity index (χ3n) is 6.77. The number of hydrogen-bond acceptors (Lipinski definition) is 7. The monoisotopic (exact) mass is 469 g/mol. The number of carbonyl (C=O) groups is 1. The maximum atomic E-state index is 13.1. The Kier molecular flexibility index (Phi) is 6.25. The van der Waals surface area contributed by atoms with Crippen molar-refractivity contribution in [3.8, 4) is 5.88 Å². The fourth-order valence-electron chi connectivity index (χ4n) is 5.04. The number of thiophene rings is 1. The van der Waals surface area contributed by atoms with Crippen LogP contribution in [-0.2, 0) is 11.2 Å². The molecule has 1 N–H and O–H groups in total. The number of amides is 1. The number of hydrogen-bond donors (Lipinski definition) is 1. The topological polar surface area (TPSA) is 80.2 Å². The van der Waals surface area contributed by atoms with Crippen molar-refractivity contribution in [2.24, 2.45) is 0 Å². The van der Waals surface area contributed by atoms with Gasteiger partial charge in [-0.3, -0.25) is 4.79 Å². The van der Waals surface area contributed by atoms with Crippen LogP contribution in [0, 0.1) is 5.82 Å². The Morgan fingerprint density at radius 3 is 2.73 bits per heavy atom. The van der Waals surface area contributed by atoms with Gasteiger partial charge in [-0.05, 0) is 76.2 Å². The molecule has 1 amide bonds. The number of carbonyl (C=O) groups excluding carboxylic acids is 1. The Bertz CT molecular complexity index is 1140. The quantitative estimate of drug-likeness (QED) is 0.571. The lowest BCUT2D eigenvalue weighted by atomic mass is 9.92. The highest BCUT2D eigenvalue weighted by Gasteiger charge is 2.32. The van der Waals surface area contributed by atoms with E-state index in [1.165, 1.54) is 17.0 Å². The molecule has 9 heteroatoms. The number of aryl methyl sites for hydroxylation is 1. The molecule has 0 saturated heterocycles. The van der Waals surface area contributed by atoms with Crippen LogP contribution in [0.5, 0.6) is 5.88 Å². The van der Waals surface area contributed by atoms with Gasteiger partial charge >= 0.3 is 0 Å². The molecule has 0 aromatic carbocycles. The molecule has 3 heterocycles. The van der Waals surface area contributed by atoms with Crippen molar-refractivity contribution in [3.05, 3.63) is 40.9 Å². The fourth-order valence-corrected chi connectivity index (χ4v) is 6.27. The van der Waals surface area contributed by atoms with Crippen LogP contribution in [0.4, 0.5) is 10.2 Å². The third-order valence-corrected chi connectivity index (χ3v) is 7.95. The number of rotatable bonds is 6. The second-order valence-corrected chi connectivity index (χ2v) is 10.2. The Morgan fingerprint density at radius 2 is 2.00 bits per heavy atom. The summed E-state index contributed by atoms with van der Waals surface area (Å²) in [5.74, 6) is 0.523. The number of fused-ring (bicyclic) bond motifs is 3. The SMILES string of the molecule is CN(C)C1CCC(Oc2ncnc3sc4c(c23)[C@H](CC(=O)Nc2ccc(F)cn2)CC4)CC1. The summed E-state index contributed by atoms with van der Waals surface area (Å²) in [5.41, 5.74) is 1.16. The summed E-state index contributed by atoms with van der Waals surface area (Å²) in [7, 11) is 4.27. The van der Waals surface area contributed by atoms with E-state index in [1.54, 1.807) is 17.7 Å². The summed E-state index contributed by atoms with van der Waals surface area (Å²) in [6.07, 6.45) is 9.26. The van der Waals surface area contributed by atoms with E-state index in [9.17, 15) is 9.18 Å². The number of nitrogens with zero attached hydrogens (tertiary/aromatic N) is 4. The predicted octanol–water partition coefficient (Wildman–Crippen LogP) is 4.54. The van der Waals surface area contributed by atoms with Crippen molar-refractivity contribution in [2.45, 2.75) is 63.0 Å². The van der Waals surface area contributed by atoms with Crippen LogP contribution in [0.3, 0.4) is 0 Å². The molecular weight excluding hydrogens is 441 g/mol. The smallest absolute Gasteiger partial charge is 0.226 e. The van der Waals surface area contributed by atoms with Crippen molar-refractivity contribution in [2.75, 3.05) is 19.4 Å². The van der Waals surface area contributed by atoms with Gasteiger partial charge in [0, 0.05) is 17.3 Å². The molecule has 7 nitrogen and oxygen atoms in total. The van der Waals surface area contributed by atoms with Gasteiger partial charge in [0.25, 0.3) is 0 Å². The van der Waals surface area contributed by atoms with E-state index in [-0.39, 0.29) is 17.9 Å². The molecule has 2 aliphatic rings. The van der Waals surface area contributed by atoms with Gasteiger partial charge in [-0.2, -0.15) is 0 Å². The van der Waals surface area contributed by atoms with Gasteiger partial charge < -0.3 is 15.0 Å². The highest BCUT2D eigenvalue weighted by molar-refractivity contribution is 7.19. The number of nitrogens with one attached hydrogen (secondary N) is 1. The molecule has 1 saturated carbocycles. The minimum atomic E-state index is -0.430. The summed E-state index contributed by atoms with van der Waals surface area (Å²) in [4.78, 5) is 30.1. The lowest BCUT2D eigenvalue weighted by Gasteiger charge is -2.32. The second-order valence-electron chi connectivity index (χ2n) is 9.16. The molecule has 0 bridgehead atoms. The molecular formula is C24H28FN5O2S. The Morgan fingerprint density at radius 1 is 1.18 bits per heavy atom. The lowest BCUT2D eigenvalue weighted by Crippen LogP contribution is -2.35. The molecule has 2 aliphatic carbocycles. The summed E-state index contributed by atoms with van der Waals surface area (Å²) in [5, 5.41) is 3.76. The first-order chi connectivity index (χ1) is 16.0. The molecule has 3 aromatic heterocycles. The highest BCUT2D eigenvalue weighted by Crippen LogP contribution is 2.47. The van der Waals surface area contributed by atoms with Crippen LogP contribution in [0.1, 0.15) is 54.9 Å². The largest absolute Gasteiger partial charge is 0.474 e. The van der Waals surface area contributed by atoms with Crippen LogP contribution in [0.15, 0.2) is 24.7 Å². The number of ether oxygens (including phenoxy) is 1. The number of anilines is 1. The average molecular weight is 470 g/mol. The molecule has 174 valence electrons. The summed E-state index contributed by atoms with van der Waals surface area (Å²) < 4.78 is 19.5. The number of pyridine rings is 1. The zero-order valence-electron chi connectivity index (χ0n) is 18.9. The highest BCUT2D eigenvalue weighted by atomic mass is 32.1. The first kappa shape index (κ1) is 22.2. The van der Waals surface area contributed by atoms with Gasteiger partial charge in [-0.1, -0.05) is 0 Å². The standard InChI is InChI=1S/C24H28FN5O2S/c1-30(2)16-5-7-17(8-6-16)32-23-22-21-14(3-9-18(21)33-24(22)28-13-27-23)11-20(31)29-19-10-4-15(25)12-26-19/h4,10,12-14,16-17H,3,5-9,11H2,1-2H3,(H,26,29,31)/t14-,16?,17?/m0/s1. The summed E-state index contributed by atoms with van der Waals surface area (Å²) in [6.45, 7) is 0. The lowest BCUT2D eigenvalue weighted by molar-refractivity contribution is -0.116. The van der Waals surface area contributed by atoms with Gasteiger partial charge in [0.05, 0.1) is 11.6 Å². The van der Waals surface area contributed by atoms with E-state index in [1.807, 2.05) is 0 Å². The Balaban J connectivity index is 1.33. The Hall–Kier alpha value is -2.65. The first-order valence-corrected chi connectivity index (χ1v) is 12.3. The third kappa shape index (κ3) is 4.70. The fraction of sp³-hybridized carbons (Fsp3) is 0.500. The van der Waals surface area contributed by atoms with Crippen LogP contribution in [0.2, 0.25) is 0 Å². The molecule has 0 radical (unpaired) electrons. The molecule has 1 fully saturated rings. The van der Waals surface area contributed by atoms with Gasteiger partial charge in [-0.25, -0.2) is 19.3 Å². The first-order valence-electron chi connectivity index (χ1n) is 11.5. The van der Waals surface area contributed by atoms with Gasteiger partial charge in [0.15, 0.2) is 0 Å². The molecule has 0 unspecified atom stereocenters. The van der Waals surface area contributed by atoms with E-state index >= 15 is 0 Å². The Labute approximate surface area is 196 Å². The van der Waals surface area contributed by atoms with Gasteiger partial charge in [0.1, 0.15) is 28.9 Å². The van der Waals surface area contributed by atoms with Crippen molar-refractivity contribution in [3.63, 3.8) is 0 Å². The average Bonchev–Trinajstić information content (AvgIpc) is 3.36. The number of aromatic nitrogens is 3. The van der Waals surface area contributed by atoms with E-state index in [0.717, 1.165) is 60.5 Å². The van der Waals surface area contributed by atoms with Crippen molar-refractivity contribution >= 4 is 33.3 Å². The minimum Gasteiger partial charge on any atom is -0.474 e. The predicted molar refractivity (Wildman–Crippen MR) is 126 cm³/mol. The van der Waals surface area contributed by atoms with E-state index in [2.05, 4.69) is 39.3 Å². The van der Waals surface area contributed by atoms with Crippen LogP contribution in [-0.4, -0.2) is 52.0 Å². The maximum absolute atomic E-state index is 13.1. The zero-order chi connectivity index (χ0) is 22.9. The summed E-state index contributed by atoms with van der Waals surface area (Å²) >= 11 is 1.68. The molecule has 0 aliphatic heterocycles. The number of halogens is 1.